The Kier molecular flexibility index (Phi) is 6.13. The third-order valence-corrected chi connectivity index (χ3v) is 7.73. The molecule has 0 amide bonds. The zero-order valence-electron chi connectivity index (χ0n) is 21.7. The molecule has 2 heterocycles. The molecular formula is C34H33N3. The van der Waals surface area contributed by atoms with Gasteiger partial charge in [-0.25, -0.2) is 0 Å². The van der Waals surface area contributed by atoms with Crippen LogP contribution in [0.1, 0.15) is 72.5 Å². The zero-order chi connectivity index (χ0) is 25.4. The SMILES string of the molecule is CC(C)c1cccc2c1N[C@H]([C@@H](c1ccccc1)n1ccc(-c3ccccc3)n1)c1ccccc1C2C. The van der Waals surface area contributed by atoms with Gasteiger partial charge in [0.15, 0.2) is 0 Å². The first-order valence-electron chi connectivity index (χ1n) is 13.3. The van der Waals surface area contributed by atoms with E-state index in [4.69, 9.17) is 5.10 Å². The molecule has 0 fully saturated rings. The average Bonchev–Trinajstić information content (AvgIpc) is 3.39. The van der Waals surface area contributed by atoms with Crippen LogP contribution in [0.2, 0.25) is 0 Å². The van der Waals surface area contributed by atoms with Crippen LogP contribution in [0.4, 0.5) is 5.69 Å². The molecule has 5 aromatic rings. The van der Waals surface area contributed by atoms with Crippen molar-refractivity contribution in [1.29, 1.82) is 0 Å². The van der Waals surface area contributed by atoms with Crippen molar-refractivity contribution in [3.8, 4) is 11.3 Å². The number of benzene rings is 4. The van der Waals surface area contributed by atoms with E-state index in [9.17, 15) is 0 Å². The molecule has 184 valence electrons. The Morgan fingerprint density at radius 1 is 0.703 bits per heavy atom. The molecule has 0 radical (unpaired) electrons. The van der Waals surface area contributed by atoms with Crippen LogP contribution in [0.5, 0.6) is 0 Å². The van der Waals surface area contributed by atoms with Crippen LogP contribution in [-0.2, 0) is 0 Å². The summed E-state index contributed by atoms with van der Waals surface area (Å²) >= 11 is 0. The maximum Gasteiger partial charge on any atom is 0.101 e. The molecule has 1 aliphatic heterocycles. The molecule has 3 atom stereocenters. The van der Waals surface area contributed by atoms with Crippen molar-refractivity contribution in [2.24, 2.45) is 0 Å². The highest BCUT2D eigenvalue weighted by Crippen LogP contribution is 2.47. The quantitative estimate of drug-likeness (QED) is 0.271. The van der Waals surface area contributed by atoms with E-state index in [1.165, 1.54) is 33.5 Å². The van der Waals surface area contributed by atoms with Crippen molar-refractivity contribution in [2.75, 3.05) is 5.32 Å². The first-order chi connectivity index (χ1) is 18.1. The van der Waals surface area contributed by atoms with Crippen molar-refractivity contribution in [2.45, 2.75) is 44.7 Å². The molecule has 37 heavy (non-hydrogen) atoms. The number of fused-ring (bicyclic) bond motifs is 2. The molecule has 3 heteroatoms. The molecule has 1 N–H and O–H groups in total. The zero-order valence-corrected chi connectivity index (χ0v) is 21.7. The van der Waals surface area contributed by atoms with Crippen molar-refractivity contribution in [1.82, 2.24) is 9.78 Å². The van der Waals surface area contributed by atoms with Crippen molar-refractivity contribution >= 4 is 5.69 Å². The highest BCUT2D eigenvalue weighted by Gasteiger charge is 2.34. The van der Waals surface area contributed by atoms with E-state index >= 15 is 0 Å². The fourth-order valence-corrected chi connectivity index (χ4v) is 5.84. The summed E-state index contributed by atoms with van der Waals surface area (Å²) in [6.45, 7) is 6.90. The molecule has 1 aromatic heterocycles. The summed E-state index contributed by atoms with van der Waals surface area (Å²) in [6.07, 6.45) is 2.13. The lowest BCUT2D eigenvalue weighted by Crippen LogP contribution is -2.26. The van der Waals surface area contributed by atoms with Gasteiger partial charge in [0.1, 0.15) is 6.04 Å². The normalized spacial score (nSPS) is 17.4. The summed E-state index contributed by atoms with van der Waals surface area (Å²) in [5.74, 6) is 0.706. The molecule has 1 unspecified atom stereocenters. The third-order valence-electron chi connectivity index (χ3n) is 7.73. The Morgan fingerprint density at radius 3 is 2.08 bits per heavy atom. The van der Waals surface area contributed by atoms with E-state index in [0.717, 1.165) is 11.3 Å². The first-order valence-corrected chi connectivity index (χ1v) is 13.3. The minimum Gasteiger partial charge on any atom is -0.375 e. The van der Waals surface area contributed by atoms with Gasteiger partial charge < -0.3 is 5.32 Å². The highest BCUT2D eigenvalue weighted by molar-refractivity contribution is 5.66. The number of nitrogens with zero attached hydrogens (tertiary/aromatic N) is 2. The van der Waals surface area contributed by atoms with Crippen molar-refractivity contribution < 1.29 is 0 Å². The number of nitrogens with one attached hydrogen (secondary N) is 1. The maximum atomic E-state index is 5.15. The number of aromatic nitrogens is 2. The summed E-state index contributed by atoms with van der Waals surface area (Å²) in [4.78, 5) is 0. The van der Waals surface area contributed by atoms with E-state index in [1.807, 2.05) is 6.07 Å². The lowest BCUT2D eigenvalue weighted by Gasteiger charge is -2.31. The van der Waals surface area contributed by atoms with Crippen LogP contribution in [0.25, 0.3) is 11.3 Å². The van der Waals surface area contributed by atoms with Gasteiger partial charge in [-0.2, -0.15) is 5.10 Å². The van der Waals surface area contributed by atoms with Gasteiger partial charge in [-0.1, -0.05) is 124 Å². The van der Waals surface area contributed by atoms with E-state index in [2.05, 4.69) is 140 Å². The molecule has 0 spiro atoms. The molecule has 0 aliphatic carbocycles. The second-order valence-corrected chi connectivity index (χ2v) is 10.3. The van der Waals surface area contributed by atoms with Crippen LogP contribution in [-0.4, -0.2) is 9.78 Å². The van der Waals surface area contributed by atoms with Gasteiger partial charge in [0.05, 0.1) is 11.7 Å². The second-order valence-electron chi connectivity index (χ2n) is 10.3. The number of hydrogen-bond donors (Lipinski definition) is 1. The molecule has 0 bridgehead atoms. The first kappa shape index (κ1) is 23.3. The van der Waals surface area contributed by atoms with Crippen molar-refractivity contribution in [3.63, 3.8) is 0 Å². The lowest BCUT2D eigenvalue weighted by atomic mass is 9.85. The Morgan fingerprint density at radius 2 is 1.35 bits per heavy atom. The second kappa shape index (κ2) is 9.74. The van der Waals surface area contributed by atoms with Gasteiger partial charge in [-0.3, -0.25) is 4.68 Å². The third kappa shape index (κ3) is 4.25. The van der Waals surface area contributed by atoms with Crippen LogP contribution < -0.4 is 5.32 Å². The van der Waals surface area contributed by atoms with E-state index < -0.39 is 0 Å². The predicted molar refractivity (Wildman–Crippen MR) is 153 cm³/mol. The fourth-order valence-electron chi connectivity index (χ4n) is 5.84. The summed E-state index contributed by atoms with van der Waals surface area (Å²) in [5, 5.41) is 9.23. The molecular weight excluding hydrogens is 450 g/mol. The summed E-state index contributed by atoms with van der Waals surface area (Å²) < 4.78 is 2.15. The van der Waals surface area contributed by atoms with Gasteiger partial charge in [-0.05, 0) is 39.8 Å². The Balaban J connectivity index is 1.56. The molecule has 3 nitrogen and oxygen atoms in total. The Bertz CT molecular complexity index is 1500. The van der Waals surface area contributed by atoms with E-state index in [1.54, 1.807) is 0 Å². The Hall–Kier alpha value is -4.11. The molecule has 0 saturated heterocycles. The van der Waals surface area contributed by atoms with Crippen LogP contribution in [0.3, 0.4) is 0 Å². The van der Waals surface area contributed by atoms with Gasteiger partial charge in [-0.15, -0.1) is 0 Å². The standard InChI is InChI=1S/C34H33N3/c1-23(2)27-19-12-20-29-24(3)28-17-10-11-18-30(28)33(35-32(27)29)34(26-15-8-5-9-16-26)37-22-21-31(36-37)25-13-6-4-7-14-25/h4-24,33-35H,1-3H3/t24?,33-,34+/m0/s1. The number of hydrogen-bond acceptors (Lipinski definition) is 2. The Labute approximate surface area is 219 Å². The summed E-state index contributed by atoms with van der Waals surface area (Å²) in [7, 11) is 0. The fraction of sp³-hybridized carbons (Fsp3) is 0.206. The van der Waals surface area contributed by atoms with Gasteiger partial charge in [0.25, 0.3) is 0 Å². The van der Waals surface area contributed by atoms with Gasteiger partial charge in [0.2, 0.25) is 0 Å². The minimum atomic E-state index is -0.0295. The monoisotopic (exact) mass is 483 g/mol. The lowest BCUT2D eigenvalue weighted by molar-refractivity contribution is 0.463. The van der Waals surface area contributed by atoms with Crippen LogP contribution in [0, 0.1) is 0 Å². The molecule has 1 aliphatic rings. The molecule has 4 aromatic carbocycles. The van der Waals surface area contributed by atoms with E-state index in [0.29, 0.717) is 5.92 Å². The maximum absolute atomic E-state index is 5.15. The molecule has 0 saturated carbocycles. The molecule has 6 rings (SSSR count). The topological polar surface area (TPSA) is 29.9 Å². The number of anilines is 1. The smallest absolute Gasteiger partial charge is 0.101 e. The highest BCUT2D eigenvalue weighted by atomic mass is 15.3. The summed E-state index contributed by atoms with van der Waals surface area (Å²) in [6, 6.07) is 39.0. The average molecular weight is 484 g/mol. The van der Waals surface area contributed by atoms with E-state index in [-0.39, 0.29) is 18.0 Å². The minimum absolute atomic E-state index is 0.00530. The van der Waals surface area contributed by atoms with Crippen molar-refractivity contribution in [3.05, 3.63) is 143 Å². The van der Waals surface area contributed by atoms with Gasteiger partial charge >= 0.3 is 0 Å². The van der Waals surface area contributed by atoms with Gasteiger partial charge in [0, 0.05) is 23.4 Å². The number of rotatable bonds is 5. The predicted octanol–water partition coefficient (Wildman–Crippen LogP) is 8.58. The summed E-state index contributed by atoms with van der Waals surface area (Å²) in [5.41, 5.74) is 10.0. The van der Waals surface area contributed by atoms with Crippen LogP contribution >= 0.6 is 0 Å². The van der Waals surface area contributed by atoms with Crippen LogP contribution in [0.15, 0.2) is 115 Å². The largest absolute Gasteiger partial charge is 0.375 e. The number of para-hydroxylation sites is 1.